The molecule has 2 heterocycles. The minimum absolute atomic E-state index is 0.302. The molecule has 26 heavy (non-hydrogen) atoms. The van der Waals surface area contributed by atoms with Crippen molar-refractivity contribution in [3.05, 3.63) is 24.3 Å². The van der Waals surface area contributed by atoms with E-state index >= 15 is 0 Å². The topological polar surface area (TPSA) is 61.9 Å². The molecule has 0 aliphatic carbocycles. The summed E-state index contributed by atoms with van der Waals surface area (Å²) in [5, 5.41) is 3.94. The summed E-state index contributed by atoms with van der Waals surface area (Å²) in [7, 11) is -3.46. The first-order chi connectivity index (χ1) is 12.4. The number of likely N-dealkylation sites (tertiary alicyclic amines) is 1. The third-order valence-corrected chi connectivity index (χ3v) is 7.14. The van der Waals surface area contributed by atoms with Crippen molar-refractivity contribution in [2.24, 2.45) is 11.8 Å². The molecule has 0 unspecified atom stereocenters. The molecule has 3 rings (SSSR count). The summed E-state index contributed by atoms with van der Waals surface area (Å²) in [6.45, 7) is 8.10. The number of benzene rings is 1. The van der Waals surface area contributed by atoms with E-state index in [1.165, 1.54) is 10.7 Å². The fourth-order valence-electron chi connectivity index (χ4n) is 3.68. The zero-order chi connectivity index (χ0) is 18.7. The second-order valence-corrected chi connectivity index (χ2v) is 9.65. The molecular weight excluding hydrogens is 370 g/mol. The zero-order valence-corrected chi connectivity index (χ0v) is 17.0. The van der Waals surface area contributed by atoms with Crippen LogP contribution in [-0.2, 0) is 14.8 Å². The van der Waals surface area contributed by atoms with E-state index in [-0.39, 0.29) is 0 Å². The van der Waals surface area contributed by atoms with Crippen molar-refractivity contribution >= 4 is 33.0 Å². The van der Waals surface area contributed by atoms with Crippen molar-refractivity contribution in [3.8, 4) is 0 Å². The Kier molecular flexibility index (Phi) is 6.17. The highest BCUT2D eigenvalue weighted by molar-refractivity contribution is 7.89. The fraction of sp³-hybridized carbons (Fsp3) is 0.611. The Bertz CT molecular complexity index is 721. The summed E-state index contributed by atoms with van der Waals surface area (Å²) < 4.78 is 32.0. The summed E-state index contributed by atoms with van der Waals surface area (Å²) in [5.41, 5.74) is 0.807. The first kappa shape index (κ1) is 19.5. The molecule has 2 aliphatic rings. The van der Waals surface area contributed by atoms with Gasteiger partial charge in [0.25, 0.3) is 0 Å². The van der Waals surface area contributed by atoms with Gasteiger partial charge >= 0.3 is 0 Å². The maximum Gasteiger partial charge on any atom is 0.243 e. The number of ether oxygens (including phenoxy) is 1. The van der Waals surface area contributed by atoms with E-state index in [0.29, 0.717) is 48.1 Å². The van der Waals surface area contributed by atoms with Crippen LogP contribution in [0.2, 0.25) is 0 Å². The van der Waals surface area contributed by atoms with E-state index in [1.54, 1.807) is 24.3 Å². The molecule has 2 atom stereocenters. The molecule has 8 heteroatoms. The lowest BCUT2D eigenvalue weighted by molar-refractivity contribution is 0.0730. The molecule has 2 fully saturated rings. The number of rotatable bonds is 3. The Morgan fingerprint density at radius 1 is 1.12 bits per heavy atom. The van der Waals surface area contributed by atoms with Gasteiger partial charge in [-0.3, -0.25) is 0 Å². The van der Waals surface area contributed by atoms with E-state index in [0.717, 1.165) is 18.8 Å². The van der Waals surface area contributed by atoms with Gasteiger partial charge in [0.1, 0.15) is 0 Å². The van der Waals surface area contributed by atoms with Crippen LogP contribution in [0.1, 0.15) is 20.3 Å². The van der Waals surface area contributed by atoms with Crippen molar-refractivity contribution in [1.29, 1.82) is 0 Å². The van der Waals surface area contributed by atoms with Crippen LogP contribution >= 0.6 is 12.2 Å². The van der Waals surface area contributed by atoms with Crippen LogP contribution in [0.5, 0.6) is 0 Å². The van der Waals surface area contributed by atoms with Gasteiger partial charge in [-0.1, -0.05) is 13.8 Å². The van der Waals surface area contributed by atoms with Gasteiger partial charge in [-0.25, -0.2) is 8.42 Å². The minimum atomic E-state index is -3.46. The van der Waals surface area contributed by atoms with E-state index in [9.17, 15) is 8.42 Å². The Hall–Kier alpha value is -1.22. The van der Waals surface area contributed by atoms with Gasteiger partial charge < -0.3 is 15.0 Å². The quantitative estimate of drug-likeness (QED) is 0.790. The Labute approximate surface area is 161 Å². The number of morpholine rings is 1. The third-order valence-electron chi connectivity index (χ3n) is 4.87. The van der Waals surface area contributed by atoms with Crippen molar-refractivity contribution in [3.63, 3.8) is 0 Å². The molecule has 0 amide bonds. The molecule has 6 nitrogen and oxygen atoms in total. The largest absolute Gasteiger partial charge is 0.379 e. The molecule has 0 spiro atoms. The lowest BCUT2D eigenvalue weighted by Gasteiger charge is -2.36. The average molecular weight is 398 g/mol. The highest BCUT2D eigenvalue weighted by atomic mass is 32.2. The standard InChI is InChI=1S/C18H27N3O3S2/c1-14-11-15(2)13-20(12-14)18(25)19-16-3-5-17(6-4-16)26(22,23)21-7-9-24-10-8-21/h3-6,14-15H,7-13H2,1-2H3,(H,19,25)/t14-,15-/m0/s1. The van der Waals surface area contributed by atoms with Crippen LogP contribution in [0.3, 0.4) is 0 Å². The van der Waals surface area contributed by atoms with Crippen molar-refractivity contribution < 1.29 is 13.2 Å². The second kappa shape index (κ2) is 8.21. The number of sulfonamides is 1. The Balaban J connectivity index is 1.65. The molecule has 0 aromatic heterocycles. The Morgan fingerprint density at radius 3 is 2.27 bits per heavy atom. The van der Waals surface area contributed by atoms with Crippen LogP contribution in [-0.4, -0.2) is 62.1 Å². The molecule has 0 radical (unpaired) electrons. The molecule has 2 aliphatic heterocycles. The summed E-state index contributed by atoms with van der Waals surface area (Å²) in [4.78, 5) is 2.50. The molecule has 0 bridgehead atoms. The lowest BCUT2D eigenvalue weighted by atomic mass is 9.92. The number of piperidine rings is 1. The number of nitrogens with zero attached hydrogens (tertiary/aromatic N) is 2. The summed E-state index contributed by atoms with van der Waals surface area (Å²) in [6.07, 6.45) is 1.23. The normalized spacial score (nSPS) is 25.1. The van der Waals surface area contributed by atoms with Gasteiger partial charge in [-0.15, -0.1) is 0 Å². The number of nitrogens with one attached hydrogen (secondary N) is 1. The van der Waals surface area contributed by atoms with Crippen molar-refractivity contribution in [2.75, 3.05) is 44.7 Å². The summed E-state index contributed by atoms with van der Waals surface area (Å²) >= 11 is 5.55. The highest BCUT2D eigenvalue weighted by Gasteiger charge is 2.26. The van der Waals surface area contributed by atoms with Crippen molar-refractivity contribution in [1.82, 2.24) is 9.21 Å². The molecule has 2 saturated heterocycles. The number of thiocarbonyl (C=S) groups is 1. The predicted molar refractivity (Wildman–Crippen MR) is 107 cm³/mol. The molecule has 0 saturated carbocycles. The third kappa shape index (κ3) is 4.54. The SMILES string of the molecule is C[C@H]1C[C@H](C)CN(C(=S)Nc2ccc(S(=O)(=O)N3CCOCC3)cc2)C1. The zero-order valence-electron chi connectivity index (χ0n) is 15.3. The van der Waals surface area contributed by atoms with Gasteiger partial charge in [0.2, 0.25) is 10.0 Å². The van der Waals surface area contributed by atoms with Gasteiger partial charge in [0.05, 0.1) is 18.1 Å². The monoisotopic (exact) mass is 397 g/mol. The second-order valence-electron chi connectivity index (χ2n) is 7.32. The van der Waals surface area contributed by atoms with Crippen LogP contribution in [0.25, 0.3) is 0 Å². The first-order valence-corrected chi connectivity index (χ1v) is 10.9. The first-order valence-electron chi connectivity index (χ1n) is 9.10. The molecule has 1 N–H and O–H groups in total. The summed E-state index contributed by atoms with van der Waals surface area (Å²) in [6, 6.07) is 6.82. The minimum Gasteiger partial charge on any atom is -0.379 e. The van der Waals surface area contributed by atoms with Crippen LogP contribution in [0.4, 0.5) is 5.69 Å². The molecular formula is C18H27N3O3S2. The lowest BCUT2D eigenvalue weighted by Crippen LogP contribution is -2.44. The van der Waals surface area contributed by atoms with Crippen LogP contribution in [0, 0.1) is 11.8 Å². The Morgan fingerprint density at radius 2 is 1.69 bits per heavy atom. The number of hydrogen-bond donors (Lipinski definition) is 1. The van der Waals surface area contributed by atoms with E-state index < -0.39 is 10.0 Å². The average Bonchev–Trinajstić information content (AvgIpc) is 2.62. The van der Waals surface area contributed by atoms with Gasteiger partial charge in [0.15, 0.2) is 5.11 Å². The number of anilines is 1. The molecule has 144 valence electrons. The van der Waals surface area contributed by atoms with Crippen molar-refractivity contribution in [2.45, 2.75) is 25.2 Å². The van der Waals surface area contributed by atoms with Crippen LogP contribution in [0.15, 0.2) is 29.2 Å². The van der Waals surface area contributed by atoms with E-state index in [4.69, 9.17) is 17.0 Å². The molecule has 1 aromatic carbocycles. The number of hydrogen-bond acceptors (Lipinski definition) is 4. The maximum absolute atomic E-state index is 12.7. The van der Waals surface area contributed by atoms with E-state index in [1.807, 2.05) is 0 Å². The van der Waals surface area contributed by atoms with Gasteiger partial charge in [-0.2, -0.15) is 4.31 Å². The van der Waals surface area contributed by atoms with Gasteiger partial charge in [0, 0.05) is 31.9 Å². The fourth-order valence-corrected chi connectivity index (χ4v) is 5.35. The predicted octanol–water partition coefficient (Wildman–Crippen LogP) is 2.38. The summed E-state index contributed by atoms with van der Waals surface area (Å²) in [5.74, 6) is 1.25. The van der Waals surface area contributed by atoms with Crippen LogP contribution < -0.4 is 5.32 Å². The smallest absolute Gasteiger partial charge is 0.243 e. The molecule has 1 aromatic rings. The maximum atomic E-state index is 12.7. The highest BCUT2D eigenvalue weighted by Crippen LogP contribution is 2.23. The van der Waals surface area contributed by atoms with Gasteiger partial charge in [-0.05, 0) is 54.7 Å². The van der Waals surface area contributed by atoms with E-state index in [2.05, 4.69) is 24.1 Å².